The minimum atomic E-state index is -4.40. The third-order valence-corrected chi connectivity index (χ3v) is 3.86. The number of benzene rings is 1. The molecule has 19 heavy (non-hydrogen) atoms. The smallest absolute Gasteiger partial charge is 0.398 e. The molecule has 1 aromatic rings. The van der Waals surface area contributed by atoms with Gasteiger partial charge in [-0.1, -0.05) is 12.8 Å². The van der Waals surface area contributed by atoms with E-state index < -0.39 is 11.7 Å². The number of nitrogens with one attached hydrogen (secondary N) is 1. The van der Waals surface area contributed by atoms with Crippen LogP contribution in [0.25, 0.3) is 0 Å². The Morgan fingerprint density at radius 3 is 2.47 bits per heavy atom. The number of nitrogen functional groups attached to an aromatic ring is 1. The molecule has 0 bridgehead atoms. The maximum Gasteiger partial charge on any atom is 0.418 e. The summed E-state index contributed by atoms with van der Waals surface area (Å²) in [4.78, 5) is 0. The highest BCUT2D eigenvalue weighted by Crippen LogP contribution is 2.36. The zero-order chi connectivity index (χ0) is 14.0. The fourth-order valence-electron chi connectivity index (χ4n) is 2.73. The van der Waals surface area contributed by atoms with Gasteiger partial charge in [-0.05, 0) is 43.9 Å². The molecule has 1 aromatic carbocycles. The van der Waals surface area contributed by atoms with E-state index in [0.717, 1.165) is 18.9 Å². The highest BCUT2D eigenvalue weighted by molar-refractivity contribution is 5.58. The van der Waals surface area contributed by atoms with Crippen LogP contribution in [0.4, 0.5) is 24.5 Å². The third-order valence-electron chi connectivity index (χ3n) is 3.86. The van der Waals surface area contributed by atoms with E-state index in [4.69, 9.17) is 5.73 Å². The van der Waals surface area contributed by atoms with Crippen LogP contribution in [0.3, 0.4) is 0 Å². The van der Waals surface area contributed by atoms with Crippen molar-refractivity contribution >= 4 is 11.4 Å². The first kappa shape index (κ1) is 14.0. The van der Waals surface area contributed by atoms with Crippen LogP contribution in [0.5, 0.6) is 0 Å². The SMILES string of the molecule is CC(Nc1ccc(N)c(C(F)(F)F)c1)C1CCCC1. The molecule has 2 nitrogen and oxygen atoms in total. The summed E-state index contributed by atoms with van der Waals surface area (Å²) in [5.74, 6) is 0.548. The summed E-state index contributed by atoms with van der Waals surface area (Å²) in [5, 5.41) is 3.17. The molecule has 5 heteroatoms. The largest absolute Gasteiger partial charge is 0.418 e. The van der Waals surface area contributed by atoms with Crippen LogP contribution < -0.4 is 11.1 Å². The zero-order valence-electron chi connectivity index (χ0n) is 10.9. The lowest BCUT2D eigenvalue weighted by atomic mass is 9.99. The van der Waals surface area contributed by atoms with E-state index in [0.29, 0.717) is 11.6 Å². The molecular weight excluding hydrogens is 253 g/mol. The van der Waals surface area contributed by atoms with E-state index in [-0.39, 0.29) is 11.7 Å². The molecule has 0 heterocycles. The van der Waals surface area contributed by atoms with Crippen molar-refractivity contribution in [2.45, 2.75) is 44.8 Å². The summed E-state index contributed by atoms with van der Waals surface area (Å²) in [7, 11) is 0. The van der Waals surface area contributed by atoms with E-state index in [1.165, 1.54) is 18.9 Å². The number of nitrogens with two attached hydrogens (primary N) is 1. The predicted octanol–water partition coefficient (Wildman–Crippen LogP) is 4.28. The molecule has 1 aliphatic rings. The summed E-state index contributed by atoms with van der Waals surface area (Å²) in [6, 6.07) is 4.20. The number of halogens is 3. The first-order valence-electron chi connectivity index (χ1n) is 6.61. The first-order chi connectivity index (χ1) is 8.88. The molecule has 1 saturated carbocycles. The quantitative estimate of drug-likeness (QED) is 0.806. The summed E-state index contributed by atoms with van der Waals surface area (Å²) in [6.07, 6.45) is 0.321. The Bertz CT molecular complexity index is 437. The van der Waals surface area contributed by atoms with Crippen LogP contribution in [-0.4, -0.2) is 6.04 Å². The minimum Gasteiger partial charge on any atom is -0.398 e. The van der Waals surface area contributed by atoms with Crippen molar-refractivity contribution in [1.82, 2.24) is 0 Å². The molecule has 106 valence electrons. The molecule has 2 rings (SSSR count). The van der Waals surface area contributed by atoms with Crippen molar-refractivity contribution in [1.29, 1.82) is 0 Å². The van der Waals surface area contributed by atoms with Gasteiger partial charge in [-0.2, -0.15) is 13.2 Å². The van der Waals surface area contributed by atoms with Gasteiger partial charge in [-0.3, -0.25) is 0 Å². The molecule has 0 radical (unpaired) electrons. The Morgan fingerprint density at radius 2 is 1.89 bits per heavy atom. The van der Waals surface area contributed by atoms with Crippen LogP contribution >= 0.6 is 0 Å². The Morgan fingerprint density at radius 1 is 1.26 bits per heavy atom. The fraction of sp³-hybridized carbons (Fsp3) is 0.571. The van der Waals surface area contributed by atoms with Crippen molar-refractivity contribution in [3.05, 3.63) is 23.8 Å². The average Bonchev–Trinajstić information content (AvgIpc) is 2.83. The topological polar surface area (TPSA) is 38.0 Å². The van der Waals surface area contributed by atoms with E-state index in [9.17, 15) is 13.2 Å². The number of alkyl halides is 3. The van der Waals surface area contributed by atoms with Gasteiger partial charge >= 0.3 is 6.18 Å². The second kappa shape index (κ2) is 5.31. The van der Waals surface area contributed by atoms with E-state index in [1.54, 1.807) is 6.07 Å². The third kappa shape index (κ3) is 3.33. The summed E-state index contributed by atoms with van der Waals surface area (Å²) >= 11 is 0. The Kier molecular flexibility index (Phi) is 3.92. The molecule has 1 aliphatic carbocycles. The van der Waals surface area contributed by atoms with Crippen LogP contribution in [0.15, 0.2) is 18.2 Å². The maximum atomic E-state index is 12.8. The van der Waals surface area contributed by atoms with Gasteiger partial charge < -0.3 is 11.1 Å². The van der Waals surface area contributed by atoms with Crippen molar-refractivity contribution in [3.8, 4) is 0 Å². The van der Waals surface area contributed by atoms with Gasteiger partial charge in [-0.25, -0.2) is 0 Å². The van der Waals surface area contributed by atoms with Crippen molar-refractivity contribution in [3.63, 3.8) is 0 Å². The van der Waals surface area contributed by atoms with Crippen molar-refractivity contribution in [2.24, 2.45) is 5.92 Å². The molecule has 0 aliphatic heterocycles. The number of anilines is 2. The highest BCUT2D eigenvalue weighted by atomic mass is 19.4. The van der Waals surface area contributed by atoms with Crippen LogP contribution in [0.1, 0.15) is 38.2 Å². The molecule has 1 atom stereocenters. The minimum absolute atomic E-state index is 0.187. The molecule has 0 aromatic heterocycles. The van der Waals surface area contributed by atoms with Gasteiger partial charge in [0.2, 0.25) is 0 Å². The molecular formula is C14H19F3N2. The van der Waals surface area contributed by atoms with Crippen LogP contribution in [-0.2, 0) is 6.18 Å². The molecule has 0 spiro atoms. The second-order valence-electron chi connectivity index (χ2n) is 5.28. The van der Waals surface area contributed by atoms with Gasteiger partial charge in [0.15, 0.2) is 0 Å². The van der Waals surface area contributed by atoms with Crippen molar-refractivity contribution in [2.75, 3.05) is 11.1 Å². The monoisotopic (exact) mass is 272 g/mol. The van der Waals surface area contributed by atoms with E-state index >= 15 is 0 Å². The number of hydrogen-bond donors (Lipinski definition) is 2. The summed E-state index contributed by atoms with van der Waals surface area (Å²) < 4.78 is 38.3. The molecule has 0 amide bonds. The van der Waals surface area contributed by atoms with Gasteiger partial charge in [0.25, 0.3) is 0 Å². The van der Waals surface area contributed by atoms with Crippen LogP contribution in [0, 0.1) is 5.92 Å². The lowest BCUT2D eigenvalue weighted by molar-refractivity contribution is -0.136. The van der Waals surface area contributed by atoms with E-state index in [2.05, 4.69) is 5.32 Å². The normalized spacial score (nSPS) is 18.5. The molecule has 1 unspecified atom stereocenters. The summed E-state index contributed by atoms with van der Waals surface area (Å²) in [5.41, 5.74) is 4.87. The summed E-state index contributed by atoms with van der Waals surface area (Å²) in [6.45, 7) is 2.03. The van der Waals surface area contributed by atoms with Gasteiger partial charge in [0.1, 0.15) is 0 Å². The highest BCUT2D eigenvalue weighted by Gasteiger charge is 2.33. The van der Waals surface area contributed by atoms with Crippen molar-refractivity contribution < 1.29 is 13.2 Å². The maximum absolute atomic E-state index is 12.8. The standard InChI is InChI=1S/C14H19F3N2/c1-9(10-4-2-3-5-10)19-11-6-7-13(18)12(8-11)14(15,16)17/h6-10,19H,2-5,18H2,1H3. The average molecular weight is 272 g/mol. The number of hydrogen-bond acceptors (Lipinski definition) is 2. The Balaban J connectivity index is 2.12. The molecule has 0 saturated heterocycles. The lowest BCUT2D eigenvalue weighted by Gasteiger charge is -2.22. The van der Waals surface area contributed by atoms with Crippen LogP contribution in [0.2, 0.25) is 0 Å². The van der Waals surface area contributed by atoms with Gasteiger partial charge in [0.05, 0.1) is 5.56 Å². The lowest BCUT2D eigenvalue weighted by Crippen LogP contribution is -2.24. The van der Waals surface area contributed by atoms with E-state index in [1.807, 2.05) is 6.92 Å². The number of rotatable bonds is 3. The zero-order valence-corrected chi connectivity index (χ0v) is 10.9. The Hall–Kier alpha value is -1.39. The molecule has 3 N–H and O–H groups in total. The predicted molar refractivity (Wildman–Crippen MR) is 70.9 cm³/mol. The first-order valence-corrected chi connectivity index (χ1v) is 6.61. The van der Waals surface area contributed by atoms with Gasteiger partial charge in [0, 0.05) is 17.4 Å². The molecule has 1 fully saturated rings. The Labute approximate surface area is 111 Å². The second-order valence-corrected chi connectivity index (χ2v) is 5.28. The van der Waals surface area contributed by atoms with Gasteiger partial charge in [-0.15, -0.1) is 0 Å². The fourth-order valence-corrected chi connectivity index (χ4v) is 2.73.